The van der Waals surface area contributed by atoms with Gasteiger partial charge in [-0.25, -0.2) is 8.42 Å². The van der Waals surface area contributed by atoms with Gasteiger partial charge >= 0.3 is 0 Å². The number of aryl methyl sites for hydroxylation is 2. The second-order valence-electron chi connectivity index (χ2n) is 7.41. The van der Waals surface area contributed by atoms with E-state index in [4.69, 9.17) is 0 Å². The van der Waals surface area contributed by atoms with Gasteiger partial charge in [0.15, 0.2) is 14.6 Å². The van der Waals surface area contributed by atoms with Crippen LogP contribution in [0.25, 0.3) is 10.2 Å². The minimum absolute atomic E-state index is 0.459. The molecule has 0 bridgehead atoms. The highest BCUT2D eigenvalue weighted by atomic mass is 32.2. The van der Waals surface area contributed by atoms with Gasteiger partial charge in [0, 0.05) is 18.8 Å². The number of para-hydroxylation sites is 2. The molecule has 1 aliphatic rings. The molecule has 2 heterocycles. The summed E-state index contributed by atoms with van der Waals surface area (Å²) in [5.74, 6) is -2.76. The minimum Gasteiger partial charge on any atom is -0.317 e. The monoisotopic (exact) mass is 457 g/mol. The van der Waals surface area contributed by atoms with Crippen molar-refractivity contribution in [2.24, 2.45) is 4.99 Å². The van der Waals surface area contributed by atoms with Crippen LogP contribution in [0.1, 0.15) is 18.9 Å². The zero-order valence-corrected chi connectivity index (χ0v) is 18.8. The van der Waals surface area contributed by atoms with Crippen molar-refractivity contribution >= 4 is 48.9 Å². The Hall–Kier alpha value is -2.78. The summed E-state index contributed by atoms with van der Waals surface area (Å²) in [6.45, 7) is 3.02. The molecule has 4 rings (SSSR count). The average Bonchev–Trinajstić information content (AvgIpc) is 3.09. The standard InChI is InChI=1S/C22H23N3O4S2/c1-2-24-18-11-5-6-12-19(18)30-22(24)23-20(26)14-31(28,29)15-21(27)25-13-7-9-16-8-3-4-10-17(16)25/h3-6,8,10-12H,2,7,9,13-15H2,1H3. The number of hydrogen-bond donors (Lipinski definition) is 0. The molecule has 0 atom stereocenters. The molecule has 0 N–H and O–H groups in total. The first-order chi connectivity index (χ1) is 14.9. The Kier molecular flexibility index (Phi) is 6.06. The van der Waals surface area contributed by atoms with Gasteiger partial charge in [0.05, 0.1) is 10.2 Å². The van der Waals surface area contributed by atoms with Crippen LogP contribution >= 0.6 is 11.3 Å². The number of anilines is 1. The van der Waals surface area contributed by atoms with Gasteiger partial charge in [-0.3, -0.25) is 9.59 Å². The third-order valence-corrected chi connectivity index (χ3v) is 7.66. The maximum Gasteiger partial charge on any atom is 0.263 e. The lowest BCUT2D eigenvalue weighted by atomic mass is 10.0. The van der Waals surface area contributed by atoms with Crippen LogP contribution in [0.2, 0.25) is 0 Å². The van der Waals surface area contributed by atoms with Gasteiger partial charge in [0.2, 0.25) is 5.91 Å². The van der Waals surface area contributed by atoms with E-state index in [1.54, 1.807) is 0 Å². The van der Waals surface area contributed by atoms with Crippen LogP contribution < -0.4 is 9.70 Å². The number of hydrogen-bond acceptors (Lipinski definition) is 5. The van der Waals surface area contributed by atoms with Crippen LogP contribution in [0.15, 0.2) is 53.5 Å². The third-order valence-electron chi connectivity index (χ3n) is 5.22. The van der Waals surface area contributed by atoms with Crippen LogP contribution in [0.5, 0.6) is 0 Å². The van der Waals surface area contributed by atoms with Gasteiger partial charge in [-0.15, -0.1) is 0 Å². The molecule has 162 valence electrons. The number of carbonyl (C=O) groups excluding carboxylic acids is 2. The fourth-order valence-electron chi connectivity index (χ4n) is 3.85. The Morgan fingerprint density at radius 1 is 1.06 bits per heavy atom. The van der Waals surface area contributed by atoms with Gasteiger partial charge < -0.3 is 9.47 Å². The average molecular weight is 458 g/mol. The van der Waals surface area contributed by atoms with Crippen molar-refractivity contribution < 1.29 is 18.0 Å². The normalized spacial score (nSPS) is 14.6. The first-order valence-corrected chi connectivity index (χ1v) is 12.8. The van der Waals surface area contributed by atoms with Crippen molar-refractivity contribution in [3.05, 3.63) is 58.9 Å². The molecular formula is C22H23N3O4S2. The van der Waals surface area contributed by atoms with Crippen molar-refractivity contribution in [3.8, 4) is 0 Å². The fourth-order valence-corrected chi connectivity index (χ4v) is 6.03. The van der Waals surface area contributed by atoms with Crippen molar-refractivity contribution in [3.63, 3.8) is 0 Å². The number of rotatable bonds is 5. The van der Waals surface area contributed by atoms with Crippen molar-refractivity contribution in [2.45, 2.75) is 26.3 Å². The number of sulfone groups is 1. The van der Waals surface area contributed by atoms with E-state index in [1.807, 2.05) is 60.0 Å². The summed E-state index contributed by atoms with van der Waals surface area (Å²) < 4.78 is 28.0. The van der Waals surface area contributed by atoms with Crippen LogP contribution in [0, 0.1) is 0 Å². The van der Waals surface area contributed by atoms with Crippen molar-refractivity contribution in [1.29, 1.82) is 0 Å². The van der Waals surface area contributed by atoms with Crippen LogP contribution in [-0.4, -0.2) is 42.8 Å². The Labute approximate surface area is 184 Å². The number of benzene rings is 2. The zero-order valence-electron chi connectivity index (χ0n) is 17.2. The predicted octanol–water partition coefficient (Wildman–Crippen LogP) is 2.54. The molecule has 2 aromatic carbocycles. The Bertz CT molecular complexity index is 1320. The van der Waals surface area contributed by atoms with Gasteiger partial charge in [0.25, 0.3) is 5.91 Å². The summed E-state index contributed by atoms with van der Waals surface area (Å²) in [5.41, 5.74) is 2.72. The molecule has 31 heavy (non-hydrogen) atoms. The summed E-state index contributed by atoms with van der Waals surface area (Å²) in [6.07, 6.45) is 1.64. The molecular weight excluding hydrogens is 434 g/mol. The van der Waals surface area contributed by atoms with E-state index in [-0.39, 0.29) is 0 Å². The van der Waals surface area contributed by atoms with E-state index in [0.29, 0.717) is 17.9 Å². The van der Waals surface area contributed by atoms with Gasteiger partial charge in [-0.05, 0) is 43.5 Å². The number of amides is 2. The number of aromatic nitrogens is 1. The van der Waals surface area contributed by atoms with Gasteiger partial charge in [-0.2, -0.15) is 4.99 Å². The molecule has 0 saturated heterocycles. The maximum atomic E-state index is 12.7. The molecule has 1 aliphatic heterocycles. The maximum absolute atomic E-state index is 12.7. The first-order valence-electron chi connectivity index (χ1n) is 10.1. The molecule has 7 nitrogen and oxygen atoms in total. The summed E-state index contributed by atoms with van der Waals surface area (Å²) >= 11 is 1.34. The zero-order chi connectivity index (χ0) is 22.0. The second kappa shape index (κ2) is 8.76. The van der Waals surface area contributed by atoms with Crippen LogP contribution in [0.3, 0.4) is 0 Å². The SMILES string of the molecule is CCn1c(=NC(=O)CS(=O)(=O)CC(=O)N2CCCc3ccccc32)sc2ccccc21. The summed E-state index contributed by atoms with van der Waals surface area (Å²) in [6, 6.07) is 15.2. The number of fused-ring (bicyclic) bond motifs is 2. The van der Waals surface area contributed by atoms with E-state index >= 15 is 0 Å². The minimum atomic E-state index is -3.94. The van der Waals surface area contributed by atoms with E-state index in [2.05, 4.69) is 4.99 Å². The highest BCUT2D eigenvalue weighted by molar-refractivity contribution is 7.92. The first kappa shape index (κ1) is 21.5. The highest BCUT2D eigenvalue weighted by Crippen LogP contribution is 2.27. The van der Waals surface area contributed by atoms with E-state index < -0.39 is 33.2 Å². The van der Waals surface area contributed by atoms with Gasteiger partial charge in [-0.1, -0.05) is 41.7 Å². The largest absolute Gasteiger partial charge is 0.317 e. The molecule has 0 saturated carbocycles. The van der Waals surface area contributed by atoms with E-state index in [9.17, 15) is 18.0 Å². The van der Waals surface area contributed by atoms with Crippen molar-refractivity contribution in [2.75, 3.05) is 23.0 Å². The van der Waals surface area contributed by atoms with Gasteiger partial charge in [0.1, 0.15) is 11.5 Å². The quantitative estimate of drug-likeness (QED) is 0.589. The highest BCUT2D eigenvalue weighted by Gasteiger charge is 2.28. The van der Waals surface area contributed by atoms with Crippen LogP contribution in [0.4, 0.5) is 5.69 Å². The molecule has 0 unspecified atom stereocenters. The molecule has 0 spiro atoms. The Balaban J connectivity index is 1.51. The molecule has 0 aliphatic carbocycles. The third kappa shape index (κ3) is 4.62. The number of nitrogens with zero attached hydrogens (tertiary/aromatic N) is 3. The van der Waals surface area contributed by atoms with E-state index in [0.717, 1.165) is 34.3 Å². The molecule has 0 radical (unpaired) electrons. The molecule has 0 fully saturated rings. The number of carbonyl (C=O) groups is 2. The molecule has 1 aromatic heterocycles. The van der Waals surface area contributed by atoms with Crippen LogP contribution in [-0.2, 0) is 32.4 Å². The van der Waals surface area contributed by atoms with Crippen molar-refractivity contribution in [1.82, 2.24) is 4.57 Å². The summed E-state index contributed by atoms with van der Waals surface area (Å²) in [7, 11) is -3.94. The Morgan fingerprint density at radius 2 is 1.81 bits per heavy atom. The predicted molar refractivity (Wildman–Crippen MR) is 122 cm³/mol. The summed E-state index contributed by atoms with van der Waals surface area (Å²) in [4.78, 5) is 31.2. The van der Waals surface area contributed by atoms with E-state index in [1.165, 1.54) is 16.2 Å². The topological polar surface area (TPSA) is 88.8 Å². The smallest absolute Gasteiger partial charge is 0.263 e. The summed E-state index contributed by atoms with van der Waals surface area (Å²) in [5, 5.41) is 0. The Morgan fingerprint density at radius 3 is 2.61 bits per heavy atom. The molecule has 3 aromatic rings. The fraction of sp³-hybridized carbons (Fsp3) is 0.318. The molecule has 2 amide bonds. The lowest BCUT2D eigenvalue weighted by Crippen LogP contribution is -2.40. The lowest BCUT2D eigenvalue weighted by Gasteiger charge is -2.29. The lowest BCUT2D eigenvalue weighted by molar-refractivity contribution is -0.116. The number of thiazole rings is 1. The molecule has 9 heteroatoms. The second-order valence-corrected chi connectivity index (χ2v) is 10.5.